The Morgan fingerprint density at radius 1 is 1.30 bits per heavy atom. The summed E-state index contributed by atoms with van der Waals surface area (Å²) in [6.45, 7) is 15.0. The first-order valence-corrected chi connectivity index (χ1v) is 15.2. The quantitative estimate of drug-likeness (QED) is 0.213. The van der Waals surface area contributed by atoms with Crippen LogP contribution in [0, 0.1) is 11.3 Å². The Bertz CT molecular complexity index is 1420. The third-order valence-electron chi connectivity index (χ3n) is 8.32. The zero-order valence-corrected chi connectivity index (χ0v) is 26.5. The molecular weight excluding hydrogens is 552 g/mol. The summed E-state index contributed by atoms with van der Waals surface area (Å²) >= 11 is 0. The zero-order valence-electron chi connectivity index (χ0n) is 26.5. The van der Waals surface area contributed by atoms with Crippen molar-refractivity contribution in [2.24, 2.45) is 0 Å². The fourth-order valence-corrected chi connectivity index (χ4v) is 6.11. The minimum atomic E-state index is -0.584. The van der Waals surface area contributed by atoms with Crippen LogP contribution >= 0.6 is 0 Å². The number of aromatic nitrogens is 3. The maximum Gasteiger partial charge on any atom is 0.251 e. The Balaban J connectivity index is 0.000000502. The van der Waals surface area contributed by atoms with Crippen LogP contribution < -0.4 is 16.0 Å². The van der Waals surface area contributed by atoms with Gasteiger partial charge in [0.15, 0.2) is 0 Å². The number of allylic oxidation sites excluding steroid dienone is 5. The van der Waals surface area contributed by atoms with Crippen LogP contribution in [0.2, 0.25) is 0 Å². The predicted octanol–water partition coefficient (Wildman–Crippen LogP) is 4.08. The Morgan fingerprint density at radius 2 is 2.09 bits per heavy atom. The molecule has 0 bridgehead atoms. The number of amides is 2. The van der Waals surface area contributed by atoms with Gasteiger partial charge in [-0.2, -0.15) is 10.4 Å². The highest BCUT2D eigenvalue weighted by molar-refractivity contribution is 5.94. The van der Waals surface area contributed by atoms with Crippen LogP contribution in [-0.4, -0.2) is 72.2 Å². The van der Waals surface area contributed by atoms with E-state index in [2.05, 4.69) is 76.3 Å². The van der Waals surface area contributed by atoms with E-state index in [9.17, 15) is 9.59 Å². The molecule has 1 aromatic heterocycles. The summed E-state index contributed by atoms with van der Waals surface area (Å²) in [6, 6.07) is 7.92. The summed E-state index contributed by atoms with van der Waals surface area (Å²) < 4.78 is 0. The maximum atomic E-state index is 12.4. The van der Waals surface area contributed by atoms with E-state index in [1.165, 1.54) is 11.1 Å². The van der Waals surface area contributed by atoms with Gasteiger partial charge in [-0.15, -0.1) is 0 Å². The monoisotopic (exact) mass is 598 g/mol. The van der Waals surface area contributed by atoms with Crippen molar-refractivity contribution in [3.63, 3.8) is 0 Å². The minimum absolute atomic E-state index is 0.0894. The number of fused-ring (bicyclic) bond motifs is 1. The smallest absolute Gasteiger partial charge is 0.251 e. The third kappa shape index (κ3) is 7.71. The molecule has 1 aliphatic heterocycles. The molecule has 1 saturated heterocycles. The van der Waals surface area contributed by atoms with Gasteiger partial charge in [-0.05, 0) is 86.5 Å². The first-order chi connectivity index (χ1) is 21.3. The van der Waals surface area contributed by atoms with E-state index < -0.39 is 5.41 Å². The van der Waals surface area contributed by atoms with E-state index in [1.807, 2.05) is 25.3 Å². The van der Waals surface area contributed by atoms with Crippen molar-refractivity contribution < 1.29 is 9.59 Å². The number of rotatable bonds is 12. The van der Waals surface area contributed by atoms with Crippen LogP contribution in [0.4, 0.5) is 0 Å². The van der Waals surface area contributed by atoms with Crippen LogP contribution in [0.15, 0.2) is 72.3 Å². The molecule has 44 heavy (non-hydrogen) atoms. The lowest BCUT2D eigenvalue weighted by atomic mass is 9.68. The number of H-pyrrole nitrogens is 1. The number of nitrogens with one attached hydrogen (secondary N) is 4. The number of likely N-dealkylation sites (tertiary alicyclic amines) is 1. The average Bonchev–Trinajstić information content (AvgIpc) is 3.73. The minimum Gasteiger partial charge on any atom is -0.392 e. The highest BCUT2D eigenvalue weighted by Gasteiger charge is 2.43. The van der Waals surface area contributed by atoms with Gasteiger partial charge in [-0.25, -0.2) is 4.98 Å². The van der Waals surface area contributed by atoms with Crippen molar-refractivity contribution in [1.82, 2.24) is 36.0 Å². The zero-order chi connectivity index (χ0) is 32.1. The molecule has 1 aromatic carbocycles. The van der Waals surface area contributed by atoms with Gasteiger partial charge >= 0.3 is 0 Å². The Labute approximate surface area is 261 Å². The number of carbonyl (C=O) groups excluding carboxylic acids is 2. The molecule has 2 heterocycles. The van der Waals surface area contributed by atoms with Crippen molar-refractivity contribution in [1.29, 1.82) is 5.26 Å². The van der Waals surface area contributed by atoms with Crippen molar-refractivity contribution in [3.8, 4) is 6.07 Å². The second kappa shape index (κ2) is 16.4. The molecule has 10 heteroatoms. The van der Waals surface area contributed by atoms with E-state index in [0.29, 0.717) is 5.56 Å². The molecule has 4 rings (SSSR count). The molecule has 2 aromatic rings. The number of aryl methyl sites for hydroxylation is 1. The number of hydrogen-bond acceptors (Lipinski definition) is 7. The van der Waals surface area contributed by atoms with Crippen LogP contribution in [0.25, 0.3) is 0 Å². The standard InChI is InChI=1S/C28H38N6O.C6H8N2O/c1-7-24-21(16-19(3)15-20(4)29-5)9-10-22-17-23(26(35)30-6)11-12-25(22)28(24,13-14-31-8-2)27-32-18-33-34-27;7-4-6-2-1-3-8(6)5-9/h7,11-12,16-18,29,31H,1,4,8-10,13-15H2,2-3,5-6H3,(H,30,35)(H,32,33,34);5-6H,1-3H2/b19-16+;. The summed E-state index contributed by atoms with van der Waals surface area (Å²) in [5.74, 6) is 0.692. The highest BCUT2D eigenvalue weighted by Crippen LogP contribution is 2.47. The van der Waals surface area contributed by atoms with Crippen LogP contribution in [0.3, 0.4) is 0 Å². The number of benzene rings is 1. The van der Waals surface area contributed by atoms with Gasteiger partial charge in [0.05, 0.1) is 11.5 Å². The fraction of sp³-hybridized carbons (Fsp3) is 0.441. The molecule has 0 spiro atoms. The molecule has 2 amide bonds. The molecular formula is C34H46N8O2. The van der Waals surface area contributed by atoms with Crippen molar-refractivity contribution in [2.75, 3.05) is 33.7 Å². The number of carbonyl (C=O) groups is 2. The lowest BCUT2D eigenvalue weighted by molar-refractivity contribution is -0.118. The molecule has 2 aliphatic rings. The van der Waals surface area contributed by atoms with Gasteiger partial charge in [-0.1, -0.05) is 43.9 Å². The normalized spacial score (nSPS) is 19.6. The molecule has 234 valence electrons. The summed E-state index contributed by atoms with van der Waals surface area (Å²) in [5.41, 5.74) is 6.87. The predicted molar refractivity (Wildman–Crippen MR) is 174 cm³/mol. The van der Waals surface area contributed by atoms with Crippen LogP contribution in [0.1, 0.15) is 73.3 Å². The van der Waals surface area contributed by atoms with Gasteiger partial charge in [0.25, 0.3) is 5.91 Å². The topological polar surface area (TPSA) is 139 Å². The summed E-state index contributed by atoms with van der Waals surface area (Å²) in [6.07, 6.45) is 11.5. The van der Waals surface area contributed by atoms with E-state index >= 15 is 0 Å². The molecule has 2 unspecified atom stereocenters. The first-order valence-electron chi connectivity index (χ1n) is 15.2. The van der Waals surface area contributed by atoms with E-state index in [0.717, 1.165) is 92.8 Å². The Kier molecular flexibility index (Phi) is 12.7. The average molecular weight is 599 g/mol. The van der Waals surface area contributed by atoms with Gasteiger partial charge in [0.2, 0.25) is 6.41 Å². The first kappa shape index (κ1) is 34.0. The number of nitriles is 1. The number of hydrogen-bond donors (Lipinski definition) is 4. The number of nitrogens with zero attached hydrogens (tertiary/aromatic N) is 4. The molecule has 1 aliphatic carbocycles. The van der Waals surface area contributed by atoms with Crippen LogP contribution in [0.5, 0.6) is 0 Å². The van der Waals surface area contributed by atoms with Crippen molar-refractivity contribution in [3.05, 3.63) is 94.8 Å². The van der Waals surface area contributed by atoms with Gasteiger partial charge in [0.1, 0.15) is 18.2 Å². The summed E-state index contributed by atoms with van der Waals surface area (Å²) in [7, 11) is 3.55. The molecule has 0 radical (unpaired) electrons. The molecule has 0 saturated carbocycles. The van der Waals surface area contributed by atoms with E-state index in [4.69, 9.17) is 5.26 Å². The van der Waals surface area contributed by atoms with Gasteiger partial charge in [-0.3, -0.25) is 14.7 Å². The number of aromatic amines is 1. The van der Waals surface area contributed by atoms with E-state index in [1.54, 1.807) is 18.3 Å². The summed E-state index contributed by atoms with van der Waals surface area (Å²) in [5, 5.41) is 25.2. The lowest BCUT2D eigenvalue weighted by Crippen LogP contribution is -2.36. The van der Waals surface area contributed by atoms with Gasteiger partial charge < -0.3 is 20.9 Å². The van der Waals surface area contributed by atoms with E-state index in [-0.39, 0.29) is 11.9 Å². The SMILES string of the molecule is C=CC1=C(/C=C(\C)CC(=C)NC)CCc2cc(C(=O)NC)ccc2C1(CCNCC)c1ncn[nH]1.N#CC1CCCN1C=O. The van der Waals surface area contributed by atoms with Crippen LogP contribution in [-0.2, 0) is 16.6 Å². The Morgan fingerprint density at radius 3 is 2.68 bits per heavy atom. The van der Waals surface area contributed by atoms with Crippen molar-refractivity contribution in [2.45, 2.75) is 63.8 Å². The summed E-state index contributed by atoms with van der Waals surface area (Å²) in [4.78, 5) is 28.8. The lowest BCUT2D eigenvalue weighted by Gasteiger charge is -2.35. The van der Waals surface area contributed by atoms with Crippen molar-refractivity contribution >= 4 is 12.3 Å². The molecule has 4 N–H and O–H groups in total. The molecule has 2 atom stereocenters. The maximum absolute atomic E-state index is 12.4. The Hall–Kier alpha value is -4.49. The second-order valence-electron chi connectivity index (χ2n) is 11.1. The molecule has 10 nitrogen and oxygen atoms in total. The second-order valence-corrected chi connectivity index (χ2v) is 11.1. The fourth-order valence-electron chi connectivity index (χ4n) is 6.11. The highest BCUT2D eigenvalue weighted by atomic mass is 16.1. The molecule has 1 fully saturated rings. The largest absolute Gasteiger partial charge is 0.392 e. The van der Waals surface area contributed by atoms with Gasteiger partial charge in [0, 0.05) is 38.3 Å². The third-order valence-corrected chi connectivity index (χ3v) is 8.32.